The van der Waals surface area contributed by atoms with Crippen LogP contribution in [0, 0.1) is 0 Å². The first-order valence-corrected chi connectivity index (χ1v) is 15.8. The highest BCUT2D eigenvalue weighted by molar-refractivity contribution is 7.92. The average molecular weight is 620 g/mol. The fourth-order valence-electron chi connectivity index (χ4n) is 4.50. The lowest BCUT2D eigenvalue weighted by atomic mass is 10.0. The van der Waals surface area contributed by atoms with Crippen LogP contribution in [-0.4, -0.2) is 64.6 Å². The van der Waals surface area contributed by atoms with Gasteiger partial charge < -0.3 is 29.9 Å². The molecule has 0 aliphatic carbocycles. The number of nitrogens with zero attached hydrogens (tertiary/aromatic N) is 1. The van der Waals surface area contributed by atoms with E-state index >= 15 is 0 Å². The largest absolute Gasteiger partial charge is 0.492 e. The number of benzene rings is 4. The lowest BCUT2D eigenvalue weighted by Gasteiger charge is -2.17. The Morgan fingerprint density at radius 1 is 0.909 bits per heavy atom. The summed E-state index contributed by atoms with van der Waals surface area (Å²) in [6.07, 6.45) is 0.170. The van der Waals surface area contributed by atoms with Crippen LogP contribution in [0.3, 0.4) is 0 Å². The smallest absolute Gasteiger partial charge is 0.337 e. The number of hydrogen-bond donors (Lipinski definition) is 4. The fraction of sp³-hybridized carbons (Fsp3) is 0.242. The molecule has 11 heteroatoms. The minimum atomic E-state index is -3.57. The van der Waals surface area contributed by atoms with E-state index in [0.29, 0.717) is 35.9 Å². The van der Waals surface area contributed by atoms with E-state index in [9.17, 15) is 23.4 Å². The maximum atomic E-state index is 12.0. The SMILES string of the molecule is CN(C)c1cc(-c2ccc(OCCNC[C@H](O)c3ccc(OCc4ccccc4)c(NS(C)(=O)=O)c3)cc2)ccc1C(=O)O. The Morgan fingerprint density at radius 2 is 1.61 bits per heavy atom. The molecule has 0 aliphatic heterocycles. The number of carboxylic acid groups (broad SMARTS) is 1. The predicted molar refractivity (Wildman–Crippen MR) is 172 cm³/mol. The molecule has 10 nitrogen and oxygen atoms in total. The number of carboxylic acids is 1. The summed E-state index contributed by atoms with van der Waals surface area (Å²) >= 11 is 0. The molecule has 0 radical (unpaired) electrons. The highest BCUT2D eigenvalue weighted by Crippen LogP contribution is 2.31. The van der Waals surface area contributed by atoms with Crippen molar-refractivity contribution in [2.45, 2.75) is 12.7 Å². The van der Waals surface area contributed by atoms with Gasteiger partial charge in [0, 0.05) is 27.2 Å². The normalized spacial score (nSPS) is 11.9. The molecule has 4 N–H and O–H groups in total. The third-order valence-corrected chi connectivity index (χ3v) is 7.29. The Labute approximate surface area is 257 Å². The number of aliphatic hydroxyl groups excluding tert-OH is 1. The second-order valence-electron chi connectivity index (χ2n) is 10.4. The van der Waals surface area contributed by atoms with Crippen molar-refractivity contribution in [2.24, 2.45) is 0 Å². The molecule has 0 saturated carbocycles. The highest BCUT2D eigenvalue weighted by atomic mass is 32.2. The first-order valence-electron chi connectivity index (χ1n) is 14.0. The molecule has 4 aromatic rings. The van der Waals surface area contributed by atoms with Gasteiger partial charge in [0.25, 0.3) is 0 Å². The minimum absolute atomic E-state index is 0.228. The second-order valence-corrected chi connectivity index (χ2v) is 12.2. The zero-order valence-corrected chi connectivity index (χ0v) is 25.7. The van der Waals surface area contributed by atoms with E-state index in [1.54, 1.807) is 35.2 Å². The number of hydrogen-bond acceptors (Lipinski definition) is 8. The first kappa shape index (κ1) is 32.3. The Hall–Kier alpha value is -4.58. The lowest BCUT2D eigenvalue weighted by Crippen LogP contribution is -2.26. The lowest BCUT2D eigenvalue weighted by molar-refractivity contribution is 0.0697. The van der Waals surface area contributed by atoms with Crippen molar-refractivity contribution in [1.29, 1.82) is 0 Å². The van der Waals surface area contributed by atoms with Crippen LogP contribution in [-0.2, 0) is 16.6 Å². The van der Waals surface area contributed by atoms with Crippen molar-refractivity contribution in [1.82, 2.24) is 5.32 Å². The molecular weight excluding hydrogens is 582 g/mol. The number of carbonyl (C=O) groups is 1. The predicted octanol–water partition coefficient (Wildman–Crippen LogP) is 4.77. The fourth-order valence-corrected chi connectivity index (χ4v) is 5.06. The molecule has 0 bridgehead atoms. The van der Waals surface area contributed by atoms with E-state index in [4.69, 9.17) is 9.47 Å². The van der Waals surface area contributed by atoms with Gasteiger partial charge in [-0.15, -0.1) is 0 Å². The maximum absolute atomic E-state index is 12.0. The van der Waals surface area contributed by atoms with E-state index in [-0.39, 0.29) is 24.4 Å². The van der Waals surface area contributed by atoms with Crippen LogP contribution in [0.25, 0.3) is 11.1 Å². The van der Waals surface area contributed by atoms with Crippen LogP contribution in [0.1, 0.15) is 27.6 Å². The van der Waals surface area contributed by atoms with E-state index in [2.05, 4.69) is 10.0 Å². The minimum Gasteiger partial charge on any atom is -0.492 e. The molecule has 232 valence electrons. The molecule has 0 amide bonds. The monoisotopic (exact) mass is 619 g/mol. The van der Waals surface area contributed by atoms with Gasteiger partial charge in [0.15, 0.2) is 0 Å². The maximum Gasteiger partial charge on any atom is 0.337 e. The van der Waals surface area contributed by atoms with E-state index in [1.807, 2.05) is 74.8 Å². The van der Waals surface area contributed by atoms with Gasteiger partial charge in [0.05, 0.1) is 29.3 Å². The van der Waals surface area contributed by atoms with Gasteiger partial charge in [-0.05, 0) is 58.7 Å². The van der Waals surface area contributed by atoms with Crippen LogP contribution >= 0.6 is 0 Å². The summed E-state index contributed by atoms with van der Waals surface area (Å²) in [6.45, 7) is 1.32. The molecule has 0 saturated heterocycles. The number of aromatic carboxylic acids is 1. The van der Waals surface area contributed by atoms with Gasteiger partial charge in [-0.25, -0.2) is 13.2 Å². The molecule has 0 fully saturated rings. The summed E-state index contributed by atoms with van der Waals surface area (Å²) in [4.78, 5) is 13.3. The molecule has 1 atom stereocenters. The molecule has 0 unspecified atom stereocenters. The van der Waals surface area contributed by atoms with Gasteiger partial charge in [-0.3, -0.25) is 4.72 Å². The van der Waals surface area contributed by atoms with Gasteiger partial charge in [0.2, 0.25) is 10.0 Å². The van der Waals surface area contributed by atoms with Crippen molar-refractivity contribution in [3.8, 4) is 22.6 Å². The van der Waals surface area contributed by atoms with E-state index in [1.165, 1.54) is 0 Å². The number of aliphatic hydroxyl groups is 1. The number of rotatable bonds is 15. The van der Waals surface area contributed by atoms with Crippen molar-refractivity contribution in [2.75, 3.05) is 49.7 Å². The van der Waals surface area contributed by atoms with E-state index < -0.39 is 22.1 Å². The van der Waals surface area contributed by atoms with Gasteiger partial charge in [0.1, 0.15) is 24.7 Å². The molecule has 4 aromatic carbocycles. The highest BCUT2D eigenvalue weighted by Gasteiger charge is 2.15. The molecule has 44 heavy (non-hydrogen) atoms. The van der Waals surface area contributed by atoms with Crippen LogP contribution in [0.15, 0.2) is 91.0 Å². The van der Waals surface area contributed by atoms with Crippen molar-refractivity contribution in [3.63, 3.8) is 0 Å². The number of ether oxygens (including phenoxy) is 2. The Morgan fingerprint density at radius 3 is 2.27 bits per heavy atom. The topological polar surface area (TPSA) is 137 Å². The molecule has 4 rings (SSSR count). The van der Waals surface area contributed by atoms with Crippen LogP contribution in [0.4, 0.5) is 11.4 Å². The molecule has 0 spiro atoms. The van der Waals surface area contributed by atoms with Crippen LogP contribution < -0.4 is 24.4 Å². The Kier molecular flexibility index (Phi) is 10.8. The zero-order chi connectivity index (χ0) is 31.7. The summed E-state index contributed by atoms with van der Waals surface area (Å²) in [5.41, 5.74) is 4.41. The van der Waals surface area contributed by atoms with Gasteiger partial charge >= 0.3 is 5.97 Å². The van der Waals surface area contributed by atoms with Gasteiger partial charge in [-0.1, -0.05) is 54.6 Å². The summed E-state index contributed by atoms with van der Waals surface area (Å²) < 4.78 is 38.1. The number of anilines is 2. The molecular formula is C33H37N3O7S. The molecule has 0 aliphatic rings. The average Bonchev–Trinajstić information content (AvgIpc) is 2.99. The standard InChI is InChI=1S/C33H37N3O7S/c1-36(2)30-20-25(11-15-28(30)33(38)39)24-9-13-27(14-10-24)42-18-17-34-21-31(37)26-12-16-32(29(19-26)35-44(3,40)41)43-22-23-7-5-4-6-8-23/h4-16,19-20,31,34-35,37H,17-18,21-22H2,1-3H3,(H,38,39)/t31-/m0/s1. The first-order chi connectivity index (χ1) is 21.0. The third-order valence-electron chi connectivity index (χ3n) is 6.70. The van der Waals surface area contributed by atoms with Crippen LogP contribution in [0.2, 0.25) is 0 Å². The molecule has 0 aromatic heterocycles. The Balaban J connectivity index is 1.29. The Bertz CT molecular complexity index is 1660. The zero-order valence-electron chi connectivity index (χ0n) is 24.9. The van der Waals surface area contributed by atoms with Gasteiger partial charge in [-0.2, -0.15) is 0 Å². The quantitative estimate of drug-likeness (QED) is 0.139. The number of nitrogens with one attached hydrogen (secondary N) is 2. The van der Waals surface area contributed by atoms with Crippen molar-refractivity contribution < 1.29 is 32.9 Å². The summed E-state index contributed by atoms with van der Waals surface area (Å²) in [5.74, 6) is 0.0626. The number of sulfonamides is 1. The van der Waals surface area contributed by atoms with Crippen molar-refractivity contribution >= 4 is 27.4 Å². The van der Waals surface area contributed by atoms with E-state index in [0.717, 1.165) is 22.9 Å². The van der Waals surface area contributed by atoms with Crippen molar-refractivity contribution in [3.05, 3.63) is 108 Å². The molecule has 0 heterocycles. The second kappa shape index (κ2) is 14.7. The summed E-state index contributed by atoms with van der Waals surface area (Å²) in [6, 6.07) is 27.2. The van der Waals surface area contributed by atoms with Crippen LogP contribution in [0.5, 0.6) is 11.5 Å². The summed E-state index contributed by atoms with van der Waals surface area (Å²) in [5, 5.41) is 23.3. The third kappa shape index (κ3) is 9.21. The summed E-state index contributed by atoms with van der Waals surface area (Å²) in [7, 11) is 0.0430.